The summed E-state index contributed by atoms with van der Waals surface area (Å²) in [7, 11) is 0. The van der Waals surface area contributed by atoms with Crippen molar-refractivity contribution in [3.8, 4) is 5.75 Å². The highest BCUT2D eigenvalue weighted by atomic mass is 32.1. The Balaban J connectivity index is 1.56. The highest BCUT2D eigenvalue weighted by Gasteiger charge is 2.13. The quantitative estimate of drug-likeness (QED) is 0.675. The molecule has 0 aliphatic heterocycles. The minimum absolute atomic E-state index is 0.177. The van der Waals surface area contributed by atoms with Gasteiger partial charge in [0.2, 0.25) is 5.91 Å². The number of carbonyl (C=O) groups excluding carboxylic acids is 1. The first-order valence-corrected chi connectivity index (χ1v) is 8.27. The van der Waals surface area contributed by atoms with Gasteiger partial charge in [-0.25, -0.2) is 0 Å². The molecular formula is C18H18N2O2S. The number of nitrogens with two attached hydrogens (primary N) is 1. The molecule has 0 spiro atoms. The third kappa shape index (κ3) is 3.88. The van der Waals surface area contributed by atoms with Gasteiger partial charge in [-0.2, -0.15) is 0 Å². The second-order valence-corrected chi connectivity index (χ2v) is 6.44. The van der Waals surface area contributed by atoms with E-state index < -0.39 is 6.04 Å². The maximum atomic E-state index is 12.1. The van der Waals surface area contributed by atoms with E-state index >= 15 is 0 Å². The highest BCUT2D eigenvalue weighted by Crippen LogP contribution is 2.21. The summed E-state index contributed by atoms with van der Waals surface area (Å²) in [4.78, 5) is 12.1. The standard InChI is InChI=1S/C18H18N2O2S/c19-16(10-12-1-4-15(21)5-2-12)18(22)20-11-13-3-6-17-14(9-13)7-8-23-17/h1-9,16,21H,10-11,19H2,(H,20,22)/t16-/m0/s1. The van der Waals surface area contributed by atoms with Gasteiger partial charge in [0, 0.05) is 11.2 Å². The number of phenolic OH excluding ortho intramolecular Hbond substituents is 1. The van der Waals surface area contributed by atoms with Crippen molar-refractivity contribution in [1.82, 2.24) is 5.32 Å². The molecule has 1 aromatic heterocycles. The van der Waals surface area contributed by atoms with Crippen molar-refractivity contribution in [2.24, 2.45) is 5.73 Å². The lowest BCUT2D eigenvalue weighted by molar-refractivity contribution is -0.122. The lowest BCUT2D eigenvalue weighted by Crippen LogP contribution is -2.41. The van der Waals surface area contributed by atoms with E-state index in [1.54, 1.807) is 35.6 Å². The van der Waals surface area contributed by atoms with Gasteiger partial charge in [-0.05, 0) is 58.6 Å². The normalized spacial score (nSPS) is 12.2. The van der Waals surface area contributed by atoms with Gasteiger partial charge in [0.1, 0.15) is 5.75 Å². The SMILES string of the molecule is N[C@@H](Cc1ccc(O)cc1)C(=O)NCc1ccc2sccc2c1. The number of amides is 1. The molecule has 23 heavy (non-hydrogen) atoms. The van der Waals surface area contributed by atoms with Crippen molar-refractivity contribution in [2.75, 3.05) is 0 Å². The molecule has 0 radical (unpaired) electrons. The number of rotatable bonds is 5. The second-order valence-electron chi connectivity index (χ2n) is 5.49. The average Bonchev–Trinajstić information content (AvgIpc) is 3.02. The van der Waals surface area contributed by atoms with Crippen LogP contribution in [0.2, 0.25) is 0 Å². The lowest BCUT2D eigenvalue weighted by Gasteiger charge is -2.12. The van der Waals surface area contributed by atoms with Crippen LogP contribution in [0.15, 0.2) is 53.9 Å². The van der Waals surface area contributed by atoms with Crippen LogP contribution in [0.1, 0.15) is 11.1 Å². The molecule has 3 rings (SSSR count). The molecule has 3 aromatic rings. The molecule has 4 nitrogen and oxygen atoms in total. The van der Waals surface area contributed by atoms with Crippen molar-refractivity contribution < 1.29 is 9.90 Å². The van der Waals surface area contributed by atoms with E-state index in [4.69, 9.17) is 5.73 Å². The number of nitrogens with one attached hydrogen (secondary N) is 1. The molecular weight excluding hydrogens is 308 g/mol. The molecule has 0 bridgehead atoms. The van der Waals surface area contributed by atoms with E-state index in [0.717, 1.165) is 11.1 Å². The Labute approximate surface area is 138 Å². The topological polar surface area (TPSA) is 75.3 Å². The molecule has 1 atom stereocenters. The smallest absolute Gasteiger partial charge is 0.237 e. The van der Waals surface area contributed by atoms with Crippen molar-refractivity contribution in [3.63, 3.8) is 0 Å². The Kier molecular flexibility index (Phi) is 4.60. The van der Waals surface area contributed by atoms with Crippen LogP contribution in [0.4, 0.5) is 0 Å². The third-order valence-electron chi connectivity index (χ3n) is 3.71. The molecule has 0 aliphatic carbocycles. The molecule has 0 aliphatic rings. The highest BCUT2D eigenvalue weighted by molar-refractivity contribution is 7.17. The number of phenols is 1. The summed E-state index contributed by atoms with van der Waals surface area (Å²) in [6.07, 6.45) is 0.440. The monoisotopic (exact) mass is 326 g/mol. The summed E-state index contributed by atoms with van der Waals surface area (Å²) in [5, 5.41) is 15.4. The van der Waals surface area contributed by atoms with Crippen molar-refractivity contribution >= 4 is 27.3 Å². The maximum Gasteiger partial charge on any atom is 0.237 e. The Hall–Kier alpha value is -2.37. The number of aromatic hydroxyl groups is 1. The van der Waals surface area contributed by atoms with Crippen LogP contribution >= 0.6 is 11.3 Å². The van der Waals surface area contributed by atoms with E-state index in [2.05, 4.69) is 28.9 Å². The van der Waals surface area contributed by atoms with Gasteiger partial charge < -0.3 is 16.2 Å². The molecule has 1 amide bonds. The zero-order valence-corrected chi connectivity index (χ0v) is 13.3. The van der Waals surface area contributed by atoms with Gasteiger partial charge in [0.15, 0.2) is 0 Å². The van der Waals surface area contributed by atoms with Crippen LogP contribution in [0.25, 0.3) is 10.1 Å². The Morgan fingerprint density at radius 2 is 1.87 bits per heavy atom. The van der Waals surface area contributed by atoms with Crippen LogP contribution in [-0.2, 0) is 17.8 Å². The molecule has 2 aromatic carbocycles. The predicted octanol–water partition coefficient (Wildman–Crippen LogP) is 2.79. The zero-order valence-electron chi connectivity index (χ0n) is 12.5. The summed E-state index contributed by atoms with van der Waals surface area (Å²) >= 11 is 1.70. The average molecular weight is 326 g/mol. The van der Waals surface area contributed by atoms with E-state index in [9.17, 15) is 9.90 Å². The number of benzene rings is 2. The summed E-state index contributed by atoms with van der Waals surface area (Å²) in [5.41, 5.74) is 7.93. The maximum absolute atomic E-state index is 12.1. The predicted molar refractivity (Wildman–Crippen MR) is 93.5 cm³/mol. The van der Waals surface area contributed by atoms with Crippen molar-refractivity contribution in [2.45, 2.75) is 19.0 Å². The van der Waals surface area contributed by atoms with Gasteiger partial charge in [0.25, 0.3) is 0 Å². The summed E-state index contributed by atoms with van der Waals surface area (Å²) in [6.45, 7) is 0.466. The Bertz CT molecular complexity index is 811. The molecule has 0 saturated carbocycles. The fourth-order valence-corrected chi connectivity index (χ4v) is 3.20. The van der Waals surface area contributed by atoms with Gasteiger partial charge in [0.05, 0.1) is 6.04 Å². The van der Waals surface area contributed by atoms with Crippen LogP contribution in [0.3, 0.4) is 0 Å². The van der Waals surface area contributed by atoms with E-state index in [0.29, 0.717) is 13.0 Å². The lowest BCUT2D eigenvalue weighted by atomic mass is 10.1. The van der Waals surface area contributed by atoms with Crippen LogP contribution < -0.4 is 11.1 Å². The van der Waals surface area contributed by atoms with Gasteiger partial charge >= 0.3 is 0 Å². The first-order valence-electron chi connectivity index (χ1n) is 7.39. The number of carbonyl (C=O) groups is 1. The summed E-state index contributed by atoms with van der Waals surface area (Å²) in [5.74, 6) is 0.0269. The minimum atomic E-state index is -0.607. The molecule has 4 N–H and O–H groups in total. The van der Waals surface area contributed by atoms with Gasteiger partial charge in [-0.3, -0.25) is 4.79 Å². The van der Waals surface area contributed by atoms with Crippen molar-refractivity contribution in [1.29, 1.82) is 0 Å². The Morgan fingerprint density at radius 1 is 1.13 bits per heavy atom. The van der Waals surface area contributed by atoms with Crippen molar-refractivity contribution in [3.05, 3.63) is 65.0 Å². The largest absolute Gasteiger partial charge is 0.508 e. The van der Waals surface area contributed by atoms with Gasteiger partial charge in [-0.1, -0.05) is 18.2 Å². The Morgan fingerprint density at radius 3 is 2.65 bits per heavy atom. The van der Waals surface area contributed by atoms with E-state index in [1.165, 1.54) is 10.1 Å². The molecule has 0 fully saturated rings. The zero-order chi connectivity index (χ0) is 16.2. The van der Waals surface area contributed by atoms with Gasteiger partial charge in [-0.15, -0.1) is 11.3 Å². The molecule has 5 heteroatoms. The molecule has 118 valence electrons. The molecule has 0 unspecified atom stereocenters. The number of hydrogen-bond acceptors (Lipinski definition) is 4. The molecule has 0 saturated heterocycles. The van der Waals surface area contributed by atoms with Crippen LogP contribution in [-0.4, -0.2) is 17.1 Å². The summed E-state index contributed by atoms with van der Waals surface area (Å²) < 4.78 is 1.24. The molecule has 1 heterocycles. The van der Waals surface area contributed by atoms with Crippen LogP contribution in [0, 0.1) is 0 Å². The number of thiophene rings is 1. The second kappa shape index (κ2) is 6.81. The fraction of sp³-hybridized carbons (Fsp3) is 0.167. The first-order chi connectivity index (χ1) is 11.1. The summed E-state index contributed by atoms with van der Waals surface area (Å²) in [6, 6.07) is 14.4. The van der Waals surface area contributed by atoms with Crippen LogP contribution in [0.5, 0.6) is 5.75 Å². The fourth-order valence-electron chi connectivity index (χ4n) is 2.43. The number of hydrogen-bond donors (Lipinski definition) is 3. The number of fused-ring (bicyclic) bond motifs is 1. The van der Waals surface area contributed by atoms with E-state index in [-0.39, 0.29) is 11.7 Å². The van der Waals surface area contributed by atoms with E-state index in [1.807, 2.05) is 6.07 Å². The third-order valence-corrected chi connectivity index (χ3v) is 4.61. The first kappa shape index (κ1) is 15.5. The minimum Gasteiger partial charge on any atom is -0.508 e.